The van der Waals surface area contributed by atoms with E-state index >= 15 is 0 Å². The number of Topliss-reactive ketones (excluding diaryl/α,β-unsaturated/α-hetero) is 2. The van der Waals surface area contributed by atoms with Crippen LogP contribution in [0.2, 0.25) is 0 Å². The highest BCUT2D eigenvalue weighted by molar-refractivity contribution is 6.06. The fraction of sp³-hybridized carbons (Fsp3) is 0.381. The zero-order valence-corrected chi connectivity index (χ0v) is 16.4. The molecule has 1 amide bonds. The van der Waals surface area contributed by atoms with E-state index in [4.69, 9.17) is 0 Å². The van der Waals surface area contributed by atoms with E-state index < -0.39 is 6.04 Å². The highest BCUT2D eigenvalue weighted by Crippen LogP contribution is 2.31. The summed E-state index contributed by atoms with van der Waals surface area (Å²) in [5.41, 5.74) is 5.36. The lowest BCUT2D eigenvalue weighted by Gasteiger charge is -2.17. The minimum absolute atomic E-state index is 0.0388. The summed E-state index contributed by atoms with van der Waals surface area (Å²) in [6, 6.07) is 5.35. The third-order valence-corrected chi connectivity index (χ3v) is 5.17. The molecule has 1 unspecified atom stereocenters. The first kappa shape index (κ1) is 18.9. The SMILES string of the molecule is CC(=O)c1c(C)[nH]c(C(=O)C(C)Nc2ccc3c(c2)CCN3C(C)=O)c1C. The van der Waals surface area contributed by atoms with Crippen LogP contribution in [0.1, 0.15) is 58.4 Å². The van der Waals surface area contributed by atoms with Crippen LogP contribution in [0, 0.1) is 13.8 Å². The average Bonchev–Trinajstić information content (AvgIpc) is 3.14. The summed E-state index contributed by atoms with van der Waals surface area (Å²) in [7, 11) is 0. The number of anilines is 2. The molecule has 1 aromatic carbocycles. The van der Waals surface area contributed by atoms with Crippen molar-refractivity contribution in [1.29, 1.82) is 0 Å². The number of hydrogen-bond donors (Lipinski definition) is 2. The molecule has 0 saturated heterocycles. The molecule has 2 N–H and O–H groups in total. The second-order valence-electron chi connectivity index (χ2n) is 7.18. The number of aromatic amines is 1. The summed E-state index contributed by atoms with van der Waals surface area (Å²) in [5.74, 6) is -0.0969. The molecular formula is C21H25N3O3. The first-order valence-electron chi connectivity index (χ1n) is 9.12. The quantitative estimate of drug-likeness (QED) is 0.793. The molecule has 0 saturated carbocycles. The minimum atomic E-state index is -0.454. The average molecular weight is 367 g/mol. The number of nitrogens with zero attached hydrogens (tertiary/aromatic N) is 1. The summed E-state index contributed by atoms with van der Waals surface area (Å²) in [4.78, 5) is 41.2. The number of nitrogens with one attached hydrogen (secondary N) is 2. The van der Waals surface area contributed by atoms with E-state index in [2.05, 4.69) is 10.3 Å². The van der Waals surface area contributed by atoms with Crippen molar-refractivity contribution in [1.82, 2.24) is 4.98 Å². The van der Waals surface area contributed by atoms with Gasteiger partial charge in [-0.2, -0.15) is 0 Å². The smallest absolute Gasteiger partial charge is 0.223 e. The molecule has 0 radical (unpaired) electrons. The topological polar surface area (TPSA) is 82.3 Å². The summed E-state index contributed by atoms with van der Waals surface area (Å²) in [6.07, 6.45) is 0.809. The first-order chi connectivity index (χ1) is 12.7. The van der Waals surface area contributed by atoms with Crippen molar-refractivity contribution in [3.05, 3.63) is 46.3 Å². The van der Waals surface area contributed by atoms with Crippen molar-refractivity contribution >= 4 is 28.8 Å². The molecule has 142 valence electrons. The van der Waals surface area contributed by atoms with Crippen LogP contribution in [0.25, 0.3) is 0 Å². The standard InChI is InChI=1S/C21H25N3O3/c1-11-19(14(4)25)12(2)23-20(11)21(27)13(3)22-17-6-7-18-16(10-17)8-9-24(18)15(5)26/h6-7,10,13,22-23H,8-9H2,1-5H3. The van der Waals surface area contributed by atoms with Gasteiger partial charge in [0, 0.05) is 36.1 Å². The van der Waals surface area contributed by atoms with E-state index in [0.717, 1.165) is 29.1 Å². The van der Waals surface area contributed by atoms with Crippen molar-refractivity contribution in [2.45, 2.75) is 47.1 Å². The first-order valence-corrected chi connectivity index (χ1v) is 9.12. The van der Waals surface area contributed by atoms with E-state index in [0.29, 0.717) is 23.4 Å². The zero-order valence-electron chi connectivity index (χ0n) is 16.4. The van der Waals surface area contributed by atoms with Crippen molar-refractivity contribution < 1.29 is 14.4 Å². The van der Waals surface area contributed by atoms with Crippen LogP contribution in [0.5, 0.6) is 0 Å². The number of rotatable bonds is 5. The van der Waals surface area contributed by atoms with Crippen molar-refractivity contribution in [2.24, 2.45) is 0 Å². The van der Waals surface area contributed by atoms with Crippen LogP contribution in [0.4, 0.5) is 11.4 Å². The predicted molar refractivity (Wildman–Crippen MR) is 106 cm³/mol. The monoisotopic (exact) mass is 367 g/mol. The van der Waals surface area contributed by atoms with Gasteiger partial charge in [-0.05, 0) is 63.4 Å². The fourth-order valence-electron chi connectivity index (χ4n) is 3.88. The molecule has 1 aliphatic heterocycles. The summed E-state index contributed by atoms with van der Waals surface area (Å²) in [6.45, 7) is 9.18. The molecule has 1 atom stereocenters. The lowest BCUT2D eigenvalue weighted by molar-refractivity contribution is -0.116. The van der Waals surface area contributed by atoms with Gasteiger partial charge in [-0.1, -0.05) is 0 Å². The van der Waals surface area contributed by atoms with E-state index in [1.54, 1.807) is 32.6 Å². The fourth-order valence-corrected chi connectivity index (χ4v) is 3.88. The number of amides is 1. The Morgan fingerprint density at radius 3 is 2.48 bits per heavy atom. The maximum Gasteiger partial charge on any atom is 0.223 e. The number of fused-ring (bicyclic) bond motifs is 1. The van der Waals surface area contributed by atoms with Crippen LogP contribution in [0.3, 0.4) is 0 Å². The van der Waals surface area contributed by atoms with Gasteiger partial charge < -0.3 is 15.2 Å². The maximum atomic E-state index is 12.9. The number of hydrogen-bond acceptors (Lipinski definition) is 4. The molecular weight excluding hydrogens is 342 g/mol. The molecule has 2 heterocycles. The zero-order chi connectivity index (χ0) is 19.9. The van der Waals surface area contributed by atoms with Crippen LogP contribution >= 0.6 is 0 Å². The predicted octanol–water partition coefficient (Wildman–Crippen LogP) is 3.43. The summed E-state index contributed by atoms with van der Waals surface area (Å²) < 4.78 is 0. The number of H-pyrrole nitrogens is 1. The van der Waals surface area contributed by atoms with Crippen LogP contribution in [-0.2, 0) is 11.2 Å². The van der Waals surface area contributed by atoms with E-state index in [1.165, 1.54) is 6.92 Å². The number of carbonyl (C=O) groups excluding carboxylic acids is 3. The van der Waals surface area contributed by atoms with Crippen LogP contribution in [0.15, 0.2) is 18.2 Å². The maximum absolute atomic E-state index is 12.9. The van der Waals surface area contributed by atoms with Crippen LogP contribution in [-0.4, -0.2) is 35.0 Å². The number of benzene rings is 1. The number of aryl methyl sites for hydroxylation is 1. The lowest BCUT2D eigenvalue weighted by atomic mass is 10.0. The number of ketones is 2. The molecule has 27 heavy (non-hydrogen) atoms. The molecule has 6 heteroatoms. The van der Waals surface area contributed by atoms with Gasteiger partial charge in [0.1, 0.15) is 0 Å². The van der Waals surface area contributed by atoms with Crippen molar-refractivity contribution in [2.75, 3.05) is 16.8 Å². The summed E-state index contributed by atoms with van der Waals surface area (Å²) >= 11 is 0. The molecule has 0 fully saturated rings. The second-order valence-corrected chi connectivity index (χ2v) is 7.18. The summed E-state index contributed by atoms with van der Waals surface area (Å²) in [5, 5.41) is 3.24. The Balaban J connectivity index is 1.79. The van der Waals surface area contributed by atoms with Gasteiger partial charge in [-0.25, -0.2) is 0 Å². The Kier molecular flexibility index (Phi) is 4.91. The highest BCUT2D eigenvalue weighted by atomic mass is 16.2. The van der Waals surface area contributed by atoms with E-state index in [-0.39, 0.29) is 17.5 Å². The third-order valence-electron chi connectivity index (χ3n) is 5.17. The molecule has 3 rings (SSSR count). The normalized spacial score (nSPS) is 14.0. The van der Waals surface area contributed by atoms with Crippen LogP contribution < -0.4 is 10.2 Å². The largest absolute Gasteiger partial charge is 0.375 e. The number of carbonyl (C=O) groups is 3. The Morgan fingerprint density at radius 2 is 1.89 bits per heavy atom. The Morgan fingerprint density at radius 1 is 1.19 bits per heavy atom. The minimum Gasteiger partial charge on any atom is -0.375 e. The van der Waals surface area contributed by atoms with Gasteiger partial charge in [0.05, 0.1) is 11.7 Å². The van der Waals surface area contributed by atoms with Gasteiger partial charge in [-0.3, -0.25) is 14.4 Å². The Labute approximate surface area is 159 Å². The molecule has 2 aromatic rings. The lowest BCUT2D eigenvalue weighted by Crippen LogP contribution is -2.27. The molecule has 0 bridgehead atoms. The second kappa shape index (κ2) is 7.02. The van der Waals surface area contributed by atoms with Gasteiger partial charge >= 0.3 is 0 Å². The van der Waals surface area contributed by atoms with Gasteiger partial charge in [0.15, 0.2) is 5.78 Å². The molecule has 0 spiro atoms. The van der Waals surface area contributed by atoms with Gasteiger partial charge in [0.25, 0.3) is 0 Å². The van der Waals surface area contributed by atoms with E-state index in [9.17, 15) is 14.4 Å². The highest BCUT2D eigenvalue weighted by Gasteiger charge is 2.25. The number of aromatic nitrogens is 1. The van der Waals surface area contributed by atoms with Crippen molar-refractivity contribution in [3.63, 3.8) is 0 Å². The Bertz CT molecular complexity index is 942. The van der Waals surface area contributed by atoms with E-state index in [1.807, 2.05) is 18.2 Å². The Hall–Kier alpha value is -2.89. The molecule has 6 nitrogen and oxygen atoms in total. The molecule has 1 aromatic heterocycles. The van der Waals surface area contributed by atoms with Gasteiger partial charge in [-0.15, -0.1) is 0 Å². The molecule has 0 aliphatic carbocycles. The van der Waals surface area contributed by atoms with Gasteiger partial charge in [0.2, 0.25) is 11.7 Å². The molecule has 1 aliphatic rings. The van der Waals surface area contributed by atoms with Crippen molar-refractivity contribution in [3.8, 4) is 0 Å². The third kappa shape index (κ3) is 3.39.